The van der Waals surface area contributed by atoms with Crippen molar-refractivity contribution in [2.24, 2.45) is 0 Å². The summed E-state index contributed by atoms with van der Waals surface area (Å²) in [6, 6.07) is 9.91. The average molecular weight is 436 g/mol. The molecule has 0 radical (unpaired) electrons. The lowest BCUT2D eigenvalue weighted by Crippen LogP contribution is -2.22. The molecule has 0 spiro atoms. The maximum absolute atomic E-state index is 11.9. The molecule has 11 heteroatoms. The van der Waals surface area contributed by atoms with Crippen LogP contribution < -0.4 is 15.4 Å². The van der Waals surface area contributed by atoms with Gasteiger partial charge in [0, 0.05) is 29.3 Å². The van der Waals surface area contributed by atoms with Crippen LogP contribution in [0.5, 0.6) is 5.75 Å². The first-order chi connectivity index (χ1) is 14.3. The molecular formula is C19H18ClN3O7. The quantitative estimate of drug-likeness (QED) is 0.350. The lowest BCUT2D eigenvalue weighted by Gasteiger charge is -2.11. The molecule has 2 aromatic carbocycles. The minimum Gasteiger partial charge on any atom is -0.495 e. The molecule has 0 aliphatic rings. The zero-order chi connectivity index (χ0) is 22.1. The Morgan fingerprint density at radius 1 is 1.03 bits per heavy atom. The van der Waals surface area contributed by atoms with E-state index in [0.717, 1.165) is 0 Å². The van der Waals surface area contributed by atoms with Gasteiger partial charge in [-0.2, -0.15) is 0 Å². The number of esters is 1. The Morgan fingerprint density at radius 3 is 2.37 bits per heavy atom. The van der Waals surface area contributed by atoms with Gasteiger partial charge in [0.2, 0.25) is 5.91 Å². The second-order valence-electron chi connectivity index (χ2n) is 5.91. The van der Waals surface area contributed by atoms with E-state index in [1.54, 1.807) is 12.1 Å². The first kappa shape index (κ1) is 22.6. The van der Waals surface area contributed by atoms with Crippen molar-refractivity contribution in [2.75, 3.05) is 24.4 Å². The summed E-state index contributed by atoms with van der Waals surface area (Å²) in [6.07, 6.45) is -0.424. The van der Waals surface area contributed by atoms with Crippen LogP contribution >= 0.6 is 11.6 Å². The topological polar surface area (TPSA) is 137 Å². The van der Waals surface area contributed by atoms with E-state index in [0.29, 0.717) is 22.1 Å². The lowest BCUT2D eigenvalue weighted by molar-refractivity contribution is -0.384. The highest BCUT2D eigenvalue weighted by Crippen LogP contribution is 2.27. The van der Waals surface area contributed by atoms with E-state index in [1.165, 1.54) is 37.4 Å². The SMILES string of the molecule is COc1ccc(Cl)cc1NC(=O)COC(=O)CCC(=O)Nc1ccc([N+](=O)[O-])cc1. The fourth-order valence-corrected chi connectivity index (χ4v) is 2.46. The van der Waals surface area contributed by atoms with Crippen molar-refractivity contribution in [1.29, 1.82) is 0 Å². The van der Waals surface area contributed by atoms with E-state index in [9.17, 15) is 24.5 Å². The van der Waals surface area contributed by atoms with Crippen molar-refractivity contribution in [1.82, 2.24) is 0 Å². The van der Waals surface area contributed by atoms with E-state index < -0.39 is 29.3 Å². The van der Waals surface area contributed by atoms with Crippen LogP contribution in [0.25, 0.3) is 0 Å². The molecule has 30 heavy (non-hydrogen) atoms. The highest BCUT2D eigenvalue weighted by Gasteiger charge is 2.13. The van der Waals surface area contributed by atoms with Gasteiger partial charge in [0.25, 0.3) is 11.6 Å². The van der Waals surface area contributed by atoms with Crippen LogP contribution in [-0.2, 0) is 19.1 Å². The Morgan fingerprint density at radius 2 is 1.73 bits per heavy atom. The van der Waals surface area contributed by atoms with Gasteiger partial charge in [0.05, 0.1) is 24.1 Å². The van der Waals surface area contributed by atoms with Crippen molar-refractivity contribution in [3.05, 3.63) is 57.6 Å². The zero-order valence-corrected chi connectivity index (χ0v) is 16.6. The van der Waals surface area contributed by atoms with Crippen LogP contribution in [0.3, 0.4) is 0 Å². The molecule has 0 aliphatic heterocycles. The highest BCUT2D eigenvalue weighted by atomic mass is 35.5. The minimum absolute atomic E-state index is 0.106. The number of non-ortho nitro benzene ring substituents is 1. The third kappa shape index (κ3) is 7.06. The van der Waals surface area contributed by atoms with Crippen molar-refractivity contribution in [2.45, 2.75) is 12.8 Å². The Hall–Kier alpha value is -3.66. The van der Waals surface area contributed by atoms with Crippen molar-refractivity contribution < 1.29 is 28.8 Å². The van der Waals surface area contributed by atoms with Crippen LogP contribution in [0.15, 0.2) is 42.5 Å². The Bertz CT molecular complexity index is 948. The molecule has 0 aromatic heterocycles. The van der Waals surface area contributed by atoms with Crippen LogP contribution in [0.2, 0.25) is 5.02 Å². The van der Waals surface area contributed by atoms with Crippen LogP contribution in [0, 0.1) is 10.1 Å². The highest BCUT2D eigenvalue weighted by molar-refractivity contribution is 6.31. The number of anilines is 2. The Balaban J connectivity index is 1.74. The number of carbonyl (C=O) groups is 3. The third-order valence-electron chi connectivity index (χ3n) is 3.72. The maximum Gasteiger partial charge on any atom is 0.306 e. The number of methoxy groups -OCH3 is 1. The number of ether oxygens (including phenoxy) is 2. The molecule has 158 valence electrons. The number of amides is 2. The molecule has 2 amide bonds. The smallest absolute Gasteiger partial charge is 0.306 e. The number of hydrogen-bond acceptors (Lipinski definition) is 7. The number of nitrogens with zero attached hydrogens (tertiary/aromatic N) is 1. The van der Waals surface area contributed by atoms with E-state index >= 15 is 0 Å². The van der Waals surface area contributed by atoms with Crippen molar-refractivity contribution in [3.63, 3.8) is 0 Å². The Kier molecular flexibility index (Phi) is 8.12. The summed E-state index contributed by atoms with van der Waals surface area (Å²) in [4.78, 5) is 45.6. The summed E-state index contributed by atoms with van der Waals surface area (Å²) in [5.74, 6) is -1.42. The number of benzene rings is 2. The number of nitrogens with one attached hydrogen (secondary N) is 2. The zero-order valence-electron chi connectivity index (χ0n) is 15.8. The van der Waals surface area contributed by atoms with Gasteiger partial charge in [-0.1, -0.05) is 11.6 Å². The third-order valence-corrected chi connectivity index (χ3v) is 3.95. The van der Waals surface area contributed by atoms with E-state index in [2.05, 4.69) is 10.6 Å². The molecule has 0 saturated carbocycles. The molecule has 0 aliphatic carbocycles. The van der Waals surface area contributed by atoms with E-state index in [4.69, 9.17) is 21.1 Å². The summed E-state index contributed by atoms with van der Waals surface area (Å²) in [5, 5.41) is 16.0. The predicted molar refractivity (Wildman–Crippen MR) is 109 cm³/mol. The van der Waals surface area contributed by atoms with Crippen LogP contribution in [-0.4, -0.2) is 36.4 Å². The first-order valence-electron chi connectivity index (χ1n) is 8.62. The largest absolute Gasteiger partial charge is 0.495 e. The molecule has 0 fully saturated rings. The molecule has 0 bridgehead atoms. The van der Waals surface area contributed by atoms with Crippen molar-refractivity contribution >= 4 is 46.4 Å². The van der Waals surface area contributed by atoms with Gasteiger partial charge in [0.15, 0.2) is 6.61 Å². The van der Waals surface area contributed by atoms with Gasteiger partial charge in [-0.25, -0.2) is 0 Å². The molecule has 2 N–H and O–H groups in total. The number of rotatable bonds is 9. The Labute approximate surface area is 176 Å². The maximum atomic E-state index is 11.9. The predicted octanol–water partition coefficient (Wildman–Crippen LogP) is 3.16. The number of halogens is 1. The molecular weight excluding hydrogens is 418 g/mol. The van der Waals surface area contributed by atoms with Crippen LogP contribution in [0.1, 0.15) is 12.8 Å². The second kappa shape index (κ2) is 10.8. The van der Waals surface area contributed by atoms with Crippen molar-refractivity contribution in [3.8, 4) is 5.75 Å². The lowest BCUT2D eigenvalue weighted by atomic mass is 10.2. The van der Waals surface area contributed by atoms with E-state index in [-0.39, 0.29) is 18.5 Å². The second-order valence-corrected chi connectivity index (χ2v) is 6.34. The number of hydrogen-bond donors (Lipinski definition) is 2. The number of carbonyl (C=O) groups excluding carboxylic acids is 3. The first-order valence-corrected chi connectivity index (χ1v) is 8.99. The molecule has 0 unspecified atom stereocenters. The molecule has 0 atom stereocenters. The fraction of sp³-hybridized carbons (Fsp3) is 0.211. The van der Waals surface area contributed by atoms with Gasteiger partial charge in [0.1, 0.15) is 5.75 Å². The van der Waals surface area contributed by atoms with Gasteiger partial charge in [-0.15, -0.1) is 0 Å². The summed E-state index contributed by atoms with van der Waals surface area (Å²) >= 11 is 5.88. The van der Waals surface area contributed by atoms with Gasteiger partial charge < -0.3 is 20.1 Å². The van der Waals surface area contributed by atoms with Crippen LogP contribution in [0.4, 0.5) is 17.1 Å². The molecule has 2 rings (SSSR count). The summed E-state index contributed by atoms with van der Waals surface area (Å²) in [7, 11) is 1.43. The van der Waals surface area contributed by atoms with Gasteiger partial charge >= 0.3 is 5.97 Å². The fourth-order valence-electron chi connectivity index (χ4n) is 2.29. The number of nitro groups is 1. The average Bonchev–Trinajstić information content (AvgIpc) is 2.71. The molecule has 2 aromatic rings. The standard InChI is InChI=1S/C19H18ClN3O7/c1-29-16-7-2-12(20)10-15(16)22-18(25)11-30-19(26)9-8-17(24)21-13-3-5-14(6-4-13)23(27)28/h2-7,10H,8-9,11H2,1H3,(H,21,24)(H,22,25). The van der Waals surface area contributed by atoms with Gasteiger partial charge in [-0.05, 0) is 30.3 Å². The minimum atomic E-state index is -0.734. The summed E-state index contributed by atoms with van der Waals surface area (Å²) < 4.78 is 9.94. The molecule has 0 saturated heterocycles. The van der Waals surface area contributed by atoms with Gasteiger partial charge in [-0.3, -0.25) is 24.5 Å². The number of nitro benzene ring substituents is 1. The molecule has 0 heterocycles. The summed E-state index contributed by atoms with van der Waals surface area (Å²) in [5.41, 5.74) is 0.576. The van der Waals surface area contributed by atoms with E-state index in [1.807, 2.05) is 0 Å². The molecule has 10 nitrogen and oxygen atoms in total. The summed E-state index contributed by atoms with van der Waals surface area (Å²) in [6.45, 7) is -0.543. The normalized spacial score (nSPS) is 10.1. The monoisotopic (exact) mass is 435 g/mol.